The summed E-state index contributed by atoms with van der Waals surface area (Å²) in [6, 6.07) is 6.14. The van der Waals surface area contributed by atoms with Crippen LogP contribution in [0.25, 0.3) is 22.8 Å². The van der Waals surface area contributed by atoms with Crippen molar-refractivity contribution in [2.24, 2.45) is 0 Å². The fourth-order valence-electron chi connectivity index (χ4n) is 2.23. The smallest absolute Gasteiger partial charge is 0.263 e. The molecule has 6 nitrogen and oxygen atoms in total. The van der Waals surface area contributed by atoms with E-state index in [4.69, 9.17) is 4.52 Å². The van der Waals surface area contributed by atoms with Crippen molar-refractivity contribution in [1.29, 1.82) is 0 Å². The molecule has 0 fully saturated rings. The number of aromatic nitrogens is 4. The average molecular weight is 355 g/mol. The van der Waals surface area contributed by atoms with Crippen molar-refractivity contribution in [2.75, 3.05) is 11.9 Å². The van der Waals surface area contributed by atoms with E-state index in [1.165, 1.54) is 11.2 Å². The maximum Gasteiger partial charge on any atom is 0.263 e. The number of hydrogen-bond acceptors (Lipinski definition) is 8. The average Bonchev–Trinajstić information content (AvgIpc) is 3.36. The second-order valence-electron chi connectivity index (χ2n) is 4.98. The molecule has 0 saturated carbocycles. The predicted octanol–water partition coefficient (Wildman–Crippen LogP) is 3.97. The van der Waals surface area contributed by atoms with Crippen LogP contribution >= 0.6 is 22.7 Å². The van der Waals surface area contributed by atoms with Crippen LogP contribution < -0.4 is 5.32 Å². The van der Waals surface area contributed by atoms with Gasteiger partial charge in [-0.15, -0.1) is 11.3 Å². The Bertz CT molecular complexity index is 902. The topological polar surface area (TPSA) is 76.7 Å². The summed E-state index contributed by atoms with van der Waals surface area (Å²) in [5, 5.41) is 13.4. The van der Waals surface area contributed by atoms with Gasteiger partial charge in [-0.3, -0.25) is 0 Å². The minimum atomic E-state index is 0.412. The van der Waals surface area contributed by atoms with Gasteiger partial charge in [0.05, 0.1) is 0 Å². The number of rotatable bonds is 6. The fraction of sp³-hybridized carbons (Fsp3) is 0.125. The lowest BCUT2D eigenvalue weighted by Gasteiger charge is -2.06. The molecule has 0 aliphatic heterocycles. The summed E-state index contributed by atoms with van der Waals surface area (Å²) in [6.45, 7) is 0.774. The van der Waals surface area contributed by atoms with E-state index in [9.17, 15) is 0 Å². The molecule has 0 aliphatic rings. The Labute approximate surface area is 146 Å². The van der Waals surface area contributed by atoms with Crippen LogP contribution in [0.1, 0.15) is 4.88 Å². The third-order valence-electron chi connectivity index (χ3n) is 3.39. The molecule has 4 rings (SSSR count). The Morgan fingerprint density at radius 3 is 3.04 bits per heavy atom. The summed E-state index contributed by atoms with van der Waals surface area (Å²) < 4.78 is 5.39. The largest absolute Gasteiger partial charge is 0.369 e. The summed E-state index contributed by atoms with van der Waals surface area (Å²) in [4.78, 5) is 14.2. The van der Waals surface area contributed by atoms with Gasteiger partial charge in [0.25, 0.3) is 5.89 Å². The van der Waals surface area contributed by atoms with Crippen LogP contribution in [0.15, 0.2) is 51.4 Å². The van der Waals surface area contributed by atoms with Gasteiger partial charge in [-0.1, -0.05) is 11.2 Å². The van der Waals surface area contributed by atoms with E-state index in [2.05, 4.69) is 42.9 Å². The molecular weight excluding hydrogens is 342 g/mol. The summed E-state index contributed by atoms with van der Waals surface area (Å²) >= 11 is 3.34. The highest BCUT2D eigenvalue weighted by atomic mass is 32.1. The van der Waals surface area contributed by atoms with Gasteiger partial charge in [-0.2, -0.15) is 16.3 Å². The van der Waals surface area contributed by atoms with Crippen LogP contribution in [0.4, 0.5) is 5.82 Å². The molecule has 0 unspecified atom stereocenters. The van der Waals surface area contributed by atoms with Gasteiger partial charge in [0.15, 0.2) is 0 Å². The zero-order valence-corrected chi connectivity index (χ0v) is 14.2. The van der Waals surface area contributed by atoms with Gasteiger partial charge in [0.1, 0.15) is 17.7 Å². The Kier molecular flexibility index (Phi) is 4.30. The van der Waals surface area contributed by atoms with Crippen molar-refractivity contribution in [3.05, 3.63) is 51.7 Å². The SMILES string of the molecule is c1csc(CCNc2ncncc2-c2nc(-c3ccsc3)no2)c1. The molecule has 4 aromatic rings. The van der Waals surface area contributed by atoms with E-state index < -0.39 is 0 Å². The second-order valence-corrected chi connectivity index (χ2v) is 6.79. The quantitative estimate of drug-likeness (QED) is 0.564. The van der Waals surface area contributed by atoms with Gasteiger partial charge < -0.3 is 9.84 Å². The van der Waals surface area contributed by atoms with Crippen molar-refractivity contribution in [3.63, 3.8) is 0 Å². The molecule has 4 aromatic heterocycles. The van der Waals surface area contributed by atoms with Crippen molar-refractivity contribution >= 4 is 28.5 Å². The molecule has 8 heteroatoms. The Morgan fingerprint density at radius 1 is 1.21 bits per heavy atom. The monoisotopic (exact) mass is 355 g/mol. The molecule has 0 atom stereocenters. The predicted molar refractivity (Wildman–Crippen MR) is 95.1 cm³/mol. The van der Waals surface area contributed by atoms with Gasteiger partial charge in [0, 0.05) is 28.6 Å². The van der Waals surface area contributed by atoms with E-state index in [1.54, 1.807) is 28.9 Å². The zero-order chi connectivity index (χ0) is 16.2. The van der Waals surface area contributed by atoms with Crippen molar-refractivity contribution in [3.8, 4) is 22.8 Å². The highest BCUT2D eigenvalue weighted by Gasteiger charge is 2.15. The fourth-order valence-corrected chi connectivity index (χ4v) is 3.57. The van der Waals surface area contributed by atoms with E-state index in [-0.39, 0.29) is 0 Å². The molecule has 4 heterocycles. The number of nitrogens with zero attached hydrogens (tertiary/aromatic N) is 4. The van der Waals surface area contributed by atoms with Gasteiger partial charge >= 0.3 is 0 Å². The third kappa shape index (κ3) is 3.19. The normalized spacial score (nSPS) is 10.8. The van der Waals surface area contributed by atoms with Crippen molar-refractivity contribution in [2.45, 2.75) is 6.42 Å². The lowest BCUT2D eigenvalue weighted by atomic mass is 10.3. The summed E-state index contributed by atoms with van der Waals surface area (Å²) in [7, 11) is 0. The summed E-state index contributed by atoms with van der Waals surface area (Å²) in [5.74, 6) is 1.68. The van der Waals surface area contributed by atoms with Gasteiger partial charge in [-0.25, -0.2) is 9.97 Å². The molecule has 0 bridgehead atoms. The zero-order valence-electron chi connectivity index (χ0n) is 12.5. The molecule has 120 valence electrons. The first-order valence-electron chi connectivity index (χ1n) is 7.33. The highest BCUT2D eigenvalue weighted by Crippen LogP contribution is 2.27. The Hall–Kier alpha value is -2.58. The highest BCUT2D eigenvalue weighted by molar-refractivity contribution is 7.09. The maximum absolute atomic E-state index is 5.39. The summed E-state index contributed by atoms with van der Waals surface area (Å²) in [6.07, 6.45) is 4.13. The van der Waals surface area contributed by atoms with Crippen LogP contribution in [-0.2, 0) is 6.42 Å². The minimum Gasteiger partial charge on any atom is -0.369 e. The minimum absolute atomic E-state index is 0.412. The van der Waals surface area contributed by atoms with E-state index in [0.29, 0.717) is 23.1 Å². The number of thiophene rings is 2. The lowest BCUT2D eigenvalue weighted by Crippen LogP contribution is -2.07. The molecule has 0 spiro atoms. The molecule has 24 heavy (non-hydrogen) atoms. The van der Waals surface area contributed by atoms with Crippen molar-refractivity contribution < 1.29 is 4.52 Å². The molecule has 0 radical (unpaired) electrons. The Morgan fingerprint density at radius 2 is 2.21 bits per heavy atom. The van der Waals surface area contributed by atoms with Gasteiger partial charge in [-0.05, 0) is 29.3 Å². The van der Waals surface area contributed by atoms with Crippen LogP contribution in [-0.4, -0.2) is 26.7 Å². The van der Waals surface area contributed by atoms with Crippen LogP contribution in [0.5, 0.6) is 0 Å². The van der Waals surface area contributed by atoms with Crippen LogP contribution in [0.3, 0.4) is 0 Å². The van der Waals surface area contributed by atoms with E-state index in [0.717, 1.165) is 18.5 Å². The van der Waals surface area contributed by atoms with E-state index >= 15 is 0 Å². The molecular formula is C16H13N5OS2. The number of nitrogens with one attached hydrogen (secondary N) is 1. The summed E-state index contributed by atoms with van der Waals surface area (Å²) in [5.41, 5.74) is 1.65. The maximum atomic E-state index is 5.39. The lowest BCUT2D eigenvalue weighted by molar-refractivity contribution is 0.432. The first-order chi connectivity index (χ1) is 11.9. The first-order valence-corrected chi connectivity index (χ1v) is 9.15. The molecule has 1 N–H and O–H groups in total. The third-order valence-corrected chi connectivity index (χ3v) is 5.01. The number of anilines is 1. The van der Waals surface area contributed by atoms with Crippen molar-refractivity contribution in [1.82, 2.24) is 20.1 Å². The van der Waals surface area contributed by atoms with Gasteiger partial charge in [0.2, 0.25) is 5.82 Å². The van der Waals surface area contributed by atoms with E-state index in [1.807, 2.05) is 16.8 Å². The molecule has 0 saturated heterocycles. The standard InChI is InChI=1S/C16H13N5OS2/c1-2-12(24-6-1)3-5-18-15-13(8-17-10-19-15)16-20-14(21-22-16)11-4-7-23-9-11/h1-2,4,6-10H,3,5H2,(H,17,18,19). The molecule has 0 aliphatic carbocycles. The molecule has 0 amide bonds. The number of hydrogen-bond donors (Lipinski definition) is 1. The first kappa shape index (κ1) is 15.0. The molecule has 0 aromatic carbocycles. The second kappa shape index (κ2) is 6.90. The Balaban J connectivity index is 1.53. The van der Waals surface area contributed by atoms with Crippen LogP contribution in [0, 0.1) is 0 Å². The van der Waals surface area contributed by atoms with Crippen LogP contribution in [0.2, 0.25) is 0 Å².